The fraction of sp³-hybridized carbons (Fsp3) is 0.217. The Bertz CT molecular complexity index is 1260. The molecule has 7 nitrogen and oxygen atoms in total. The van der Waals surface area contributed by atoms with Crippen molar-refractivity contribution in [1.29, 1.82) is 0 Å². The molecule has 0 radical (unpaired) electrons. The van der Waals surface area contributed by atoms with Crippen LogP contribution in [-0.4, -0.2) is 41.4 Å². The van der Waals surface area contributed by atoms with Crippen LogP contribution in [0.4, 0.5) is 0 Å². The molecule has 1 aliphatic heterocycles. The number of thioether (sulfide) groups is 1. The lowest BCUT2D eigenvalue weighted by molar-refractivity contribution is 0.332. The summed E-state index contributed by atoms with van der Waals surface area (Å²) in [4.78, 5) is 19.2. The number of phenolic OH excluding ortho intramolecular Hbond substituents is 1. The summed E-state index contributed by atoms with van der Waals surface area (Å²) in [6, 6.07) is 8.90. The first-order valence-corrected chi connectivity index (χ1v) is 10.7. The largest absolute Gasteiger partial charge is 0.504 e. The fourth-order valence-corrected chi connectivity index (χ4v) is 4.51. The first-order valence-electron chi connectivity index (χ1n) is 9.65. The number of H-pyrrole nitrogens is 1. The van der Waals surface area contributed by atoms with Crippen molar-refractivity contribution >= 4 is 34.3 Å². The zero-order valence-electron chi connectivity index (χ0n) is 17.1. The number of rotatable bonds is 6. The highest BCUT2D eigenvalue weighted by Gasteiger charge is 2.14. The second-order valence-electron chi connectivity index (χ2n) is 7.06. The molecule has 0 fully saturated rings. The molecule has 0 saturated heterocycles. The Morgan fingerprint density at radius 1 is 1.16 bits per heavy atom. The maximum absolute atomic E-state index is 12.3. The molecule has 3 N–H and O–H groups in total. The molecule has 0 aliphatic carbocycles. The first kappa shape index (κ1) is 20.9. The molecule has 8 heteroatoms. The monoisotopic (exact) mass is 438 g/mol. The number of aromatic amines is 1. The van der Waals surface area contributed by atoms with Crippen LogP contribution in [0.1, 0.15) is 23.1 Å². The molecule has 3 aromatic rings. The van der Waals surface area contributed by atoms with E-state index in [2.05, 4.69) is 15.4 Å². The number of methoxy groups -OCH3 is 2. The normalized spacial score (nSPS) is 13.7. The van der Waals surface area contributed by atoms with Gasteiger partial charge in [-0.1, -0.05) is 6.07 Å². The molecule has 4 rings (SSSR count). The summed E-state index contributed by atoms with van der Waals surface area (Å²) in [6.07, 6.45) is 2.50. The highest BCUT2D eigenvalue weighted by molar-refractivity contribution is 8.02. The van der Waals surface area contributed by atoms with E-state index in [4.69, 9.17) is 9.47 Å². The minimum Gasteiger partial charge on any atom is -0.504 e. The van der Waals surface area contributed by atoms with E-state index >= 15 is 0 Å². The minimum absolute atomic E-state index is 0.0447. The molecule has 2 heterocycles. The van der Waals surface area contributed by atoms with Gasteiger partial charge in [0.25, 0.3) is 5.56 Å². The van der Waals surface area contributed by atoms with Gasteiger partial charge in [0.1, 0.15) is 0 Å². The fourth-order valence-electron chi connectivity index (χ4n) is 3.60. The van der Waals surface area contributed by atoms with Crippen LogP contribution >= 0.6 is 11.8 Å². The molecular formula is C23H22N2O5S. The van der Waals surface area contributed by atoms with Crippen molar-refractivity contribution in [3.05, 3.63) is 62.8 Å². The number of nitrogens with zero attached hydrogens (tertiary/aromatic N) is 1. The van der Waals surface area contributed by atoms with Gasteiger partial charge in [-0.25, -0.2) is 0 Å². The summed E-state index contributed by atoms with van der Waals surface area (Å²) in [5, 5.41) is 23.8. The van der Waals surface area contributed by atoms with Crippen LogP contribution in [0.5, 0.6) is 23.1 Å². The van der Waals surface area contributed by atoms with Crippen molar-refractivity contribution in [3.63, 3.8) is 0 Å². The molecule has 0 spiro atoms. The standard InChI is InChI=1S/C23H22N2O5S/c1-29-20-8-13(7-19(26)21(20)30-2)10-24-11-18-17-9-14(15-5-6-31-12-15)3-4-16(17)22(27)25-23(18)28/h3-4,7-9,11-12,26H,5-6,10H2,1-2H3,(H2,25,27,28). The summed E-state index contributed by atoms with van der Waals surface area (Å²) in [6.45, 7) is 0.232. The molecule has 0 amide bonds. The highest BCUT2D eigenvalue weighted by Crippen LogP contribution is 2.37. The zero-order chi connectivity index (χ0) is 22.0. The molecule has 1 aliphatic rings. The van der Waals surface area contributed by atoms with Gasteiger partial charge >= 0.3 is 0 Å². The summed E-state index contributed by atoms with van der Waals surface area (Å²) >= 11 is 1.77. The average molecular weight is 439 g/mol. The van der Waals surface area contributed by atoms with Gasteiger partial charge in [-0.3, -0.25) is 14.8 Å². The molecule has 0 unspecified atom stereocenters. The Morgan fingerprint density at radius 3 is 2.71 bits per heavy atom. The summed E-state index contributed by atoms with van der Waals surface area (Å²) in [5.41, 5.74) is 3.04. The van der Waals surface area contributed by atoms with Crippen molar-refractivity contribution in [3.8, 4) is 23.1 Å². The Morgan fingerprint density at radius 2 is 2.00 bits per heavy atom. The second-order valence-corrected chi connectivity index (χ2v) is 8.04. The van der Waals surface area contributed by atoms with Crippen LogP contribution < -0.4 is 15.0 Å². The lowest BCUT2D eigenvalue weighted by atomic mass is 9.99. The van der Waals surface area contributed by atoms with Crippen molar-refractivity contribution in [2.45, 2.75) is 13.0 Å². The first-order chi connectivity index (χ1) is 15.0. The topological polar surface area (TPSA) is 104 Å². The van der Waals surface area contributed by atoms with E-state index in [1.54, 1.807) is 30.0 Å². The van der Waals surface area contributed by atoms with E-state index in [1.807, 2.05) is 12.1 Å². The lowest BCUT2D eigenvalue weighted by Gasteiger charge is -2.11. The van der Waals surface area contributed by atoms with Crippen LogP contribution in [0.25, 0.3) is 16.3 Å². The lowest BCUT2D eigenvalue weighted by Crippen LogP contribution is -2.08. The quantitative estimate of drug-likeness (QED) is 0.502. The van der Waals surface area contributed by atoms with E-state index in [0.717, 1.165) is 17.7 Å². The van der Waals surface area contributed by atoms with Crippen LogP contribution in [0, 0.1) is 0 Å². The number of aliphatic imine (C=N–C) groups is 1. The van der Waals surface area contributed by atoms with Crippen molar-refractivity contribution in [1.82, 2.24) is 4.98 Å². The van der Waals surface area contributed by atoms with E-state index in [1.165, 1.54) is 26.0 Å². The zero-order valence-corrected chi connectivity index (χ0v) is 18.0. The maximum atomic E-state index is 12.3. The summed E-state index contributed by atoms with van der Waals surface area (Å²) in [7, 11) is 2.94. The maximum Gasteiger partial charge on any atom is 0.258 e. The SMILES string of the molecule is COc1cc(CN=Cc2c(O)[nH]c(=O)c3ccc(C4=CSCC4)cc23)cc(O)c1OC. The Hall–Kier alpha value is -3.39. The van der Waals surface area contributed by atoms with E-state index in [-0.39, 0.29) is 29.5 Å². The predicted molar refractivity (Wildman–Crippen MR) is 124 cm³/mol. The number of allylic oxidation sites excluding steroid dienone is 1. The van der Waals surface area contributed by atoms with Gasteiger partial charge in [-0.05, 0) is 52.8 Å². The van der Waals surface area contributed by atoms with Crippen molar-refractivity contribution < 1.29 is 19.7 Å². The number of hydrogen-bond acceptors (Lipinski definition) is 7. The number of nitrogens with one attached hydrogen (secondary N) is 1. The average Bonchev–Trinajstić information content (AvgIpc) is 3.30. The van der Waals surface area contributed by atoms with E-state index < -0.39 is 0 Å². The predicted octanol–water partition coefficient (Wildman–Crippen LogP) is 4.05. The van der Waals surface area contributed by atoms with Crippen LogP contribution in [-0.2, 0) is 6.54 Å². The Labute approximate surface area is 183 Å². The van der Waals surface area contributed by atoms with Crippen LogP contribution in [0.3, 0.4) is 0 Å². The number of phenols is 1. The molecule has 2 aromatic carbocycles. The smallest absolute Gasteiger partial charge is 0.258 e. The molecule has 0 atom stereocenters. The van der Waals surface area contributed by atoms with Crippen LogP contribution in [0.15, 0.2) is 45.5 Å². The number of pyridine rings is 1. The number of hydrogen-bond donors (Lipinski definition) is 3. The van der Waals surface area contributed by atoms with Gasteiger partial charge in [0, 0.05) is 22.7 Å². The van der Waals surface area contributed by atoms with Gasteiger partial charge < -0.3 is 19.7 Å². The van der Waals surface area contributed by atoms with E-state index in [0.29, 0.717) is 27.6 Å². The van der Waals surface area contributed by atoms with Crippen LogP contribution in [0.2, 0.25) is 0 Å². The van der Waals surface area contributed by atoms with Crippen molar-refractivity contribution in [2.75, 3.05) is 20.0 Å². The second kappa shape index (κ2) is 8.77. The third-order valence-corrected chi connectivity index (χ3v) is 6.03. The van der Waals surface area contributed by atoms with E-state index in [9.17, 15) is 15.0 Å². The summed E-state index contributed by atoms with van der Waals surface area (Å²) in [5.74, 6) is 1.42. The minimum atomic E-state index is -0.351. The molecule has 31 heavy (non-hydrogen) atoms. The van der Waals surface area contributed by atoms with Gasteiger partial charge in [0.05, 0.1) is 26.3 Å². The Kier molecular flexibility index (Phi) is 5.90. The molecule has 0 bridgehead atoms. The number of fused-ring (bicyclic) bond motifs is 1. The Balaban J connectivity index is 1.71. The molecule has 0 saturated carbocycles. The van der Waals surface area contributed by atoms with Gasteiger partial charge in [-0.2, -0.15) is 0 Å². The number of ether oxygens (including phenoxy) is 2. The van der Waals surface area contributed by atoms with Gasteiger partial charge in [0.2, 0.25) is 11.6 Å². The molecule has 1 aromatic heterocycles. The highest BCUT2D eigenvalue weighted by atomic mass is 32.2. The summed E-state index contributed by atoms with van der Waals surface area (Å²) < 4.78 is 10.4. The third kappa shape index (κ3) is 4.11. The molecular weight excluding hydrogens is 416 g/mol. The molecule has 160 valence electrons. The van der Waals surface area contributed by atoms with Gasteiger partial charge in [-0.15, -0.1) is 11.8 Å². The number of benzene rings is 2. The van der Waals surface area contributed by atoms with Crippen molar-refractivity contribution in [2.24, 2.45) is 4.99 Å². The number of aromatic hydroxyl groups is 2. The number of aromatic nitrogens is 1. The van der Waals surface area contributed by atoms with Gasteiger partial charge in [0.15, 0.2) is 11.5 Å². The third-order valence-electron chi connectivity index (χ3n) is 5.14.